The first kappa shape index (κ1) is 14.0. The van der Waals surface area contributed by atoms with Gasteiger partial charge in [-0.15, -0.1) is 0 Å². The highest BCUT2D eigenvalue weighted by atomic mass is 19.1. The normalized spacial score (nSPS) is 9.78. The summed E-state index contributed by atoms with van der Waals surface area (Å²) in [6.45, 7) is 1.58. The lowest BCUT2D eigenvalue weighted by Gasteiger charge is -2.10. The van der Waals surface area contributed by atoms with E-state index in [2.05, 4.69) is 4.74 Å². The van der Waals surface area contributed by atoms with Crippen molar-refractivity contribution in [1.29, 1.82) is 0 Å². The Hall–Kier alpha value is -2.11. The lowest BCUT2D eigenvalue weighted by atomic mass is 10.1. The number of hydrogen-bond acceptors (Lipinski definition) is 5. The minimum Gasteiger partial charge on any atom is -0.497 e. The first-order valence-electron chi connectivity index (χ1n) is 5.18. The van der Waals surface area contributed by atoms with E-state index in [0.717, 1.165) is 6.07 Å². The van der Waals surface area contributed by atoms with Gasteiger partial charge in [-0.2, -0.15) is 0 Å². The molecular weight excluding hydrogens is 243 g/mol. The second-order valence-corrected chi connectivity index (χ2v) is 3.24. The van der Waals surface area contributed by atoms with E-state index < -0.39 is 23.1 Å². The van der Waals surface area contributed by atoms with Gasteiger partial charge in [0.05, 0.1) is 20.8 Å². The summed E-state index contributed by atoms with van der Waals surface area (Å²) in [5, 5.41) is 0. The van der Waals surface area contributed by atoms with Crippen LogP contribution in [0.4, 0.5) is 4.39 Å². The third-order valence-corrected chi connectivity index (χ3v) is 2.17. The number of rotatable bonds is 5. The monoisotopic (exact) mass is 256 g/mol. The highest BCUT2D eigenvalue weighted by Gasteiger charge is 2.26. The molecule has 0 aromatic heterocycles. The van der Waals surface area contributed by atoms with Gasteiger partial charge in [0.25, 0.3) is 5.78 Å². The van der Waals surface area contributed by atoms with Crippen LogP contribution in [0.15, 0.2) is 12.1 Å². The van der Waals surface area contributed by atoms with E-state index >= 15 is 0 Å². The molecule has 1 rings (SSSR count). The van der Waals surface area contributed by atoms with E-state index in [1.165, 1.54) is 20.3 Å². The standard InChI is InChI=1S/C12H13FO5/c1-4-18-12(15)11(14)10-8(13)5-7(16-2)6-9(10)17-3/h5-6H,4H2,1-3H3. The zero-order valence-corrected chi connectivity index (χ0v) is 10.3. The van der Waals surface area contributed by atoms with E-state index in [1.54, 1.807) is 6.92 Å². The fraction of sp³-hybridized carbons (Fsp3) is 0.333. The smallest absolute Gasteiger partial charge is 0.379 e. The molecule has 6 heteroatoms. The van der Waals surface area contributed by atoms with Gasteiger partial charge >= 0.3 is 5.97 Å². The molecule has 0 radical (unpaired) electrons. The quantitative estimate of drug-likeness (QED) is 0.455. The molecule has 1 aromatic rings. The van der Waals surface area contributed by atoms with Crippen LogP contribution in [0, 0.1) is 5.82 Å². The SMILES string of the molecule is CCOC(=O)C(=O)c1c(F)cc(OC)cc1OC. The molecule has 0 amide bonds. The van der Waals surface area contributed by atoms with Gasteiger partial charge in [0, 0.05) is 12.1 Å². The van der Waals surface area contributed by atoms with Crippen LogP contribution in [-0.4, -0.2) is 32.6 Å². The lowest BCUT2D eigenvalue weighted by Crippen LogP contribution is -2.19. The maximum atomic E-state index is 13.7. The van der Waals surface area contributed by atoms with E-state index in [9.17, 15) is 14.0 Å². The Kier molecular flexibility index (Phi) is 4.65. The van der Waals surface area contributed by atoms with Crippen LogP contribution in [0.25, 0.3) is 0 Å². The average molecular weight is 256 g/mol. The average Bonchev–Trinajstić information content (AvgIpc) is 2.37. The number of carbonyl (C=O) groups excluding carboxylic acids is 2. The van der Waals surface area contributed by atoms with E-state index in [1.807, 2.05) is 0 Å². The summed E-state index contributed by atoms with van der Waals surface area (Å²) in [6, 6.07) is 2.31. The number of methoxy groups -OCH3 is 2. The third-order valence-electron chi connectivity index (χ3n) is 2.17. The predicted octanol–water partition coefficient (Wildman–Crippen LogP) is 1.59. The Morgan fingerprint density at radius 2 is 1.89 bits per heavy atom. The van der Waals surface area contributed by atoms with Crippen molar-refractivity contribution in [3.8, 4) is 11.5 Å². The molecule has 0 atom stereocenters. The van der Waals surface area contributed by atoms with Gasteiger partial charge in [0.1, 0.15) is 22.9 Å². The number of esters is 1. The van der Waals surface area contributed by atoms with Crippen molar-refractivity contribution < 1.29 is 28.2 Å². The molecule has 0 saturated heterocycles. The van der Waals surface area contributed by atoms with Crippen LogP contribution in [0.2, 0.25) is 0 Å². The predicted molar refractivity (Wildman–Crippen MR) is 60.5 cm³/mol. The number of ketones is 1. The van der Waals surface area contributed by atoms with Crippen LogP contribution in [0.5, 0.6) is 11.5 Å². The lowest BCUT2D eigenvalue weighted by molar-refractivity contribution is -0.137. The van der Waals surface area contributed by atoms with E-state index in [-0.39, 0.29) is 18.1 Å². The number of hydrogen-bond donors (Lipinski definition) is 0. The van der Waals surface area contributed by atoms with Crippen molar-refractivity contribution in [2.75, 3.05) is 20.8 Å². The summed E-state index contributed by atoms with van der Waals surface area (Å²) >= 11 is 0. The molecule has 0 bridgehead atoms. The topological polar surface area (TPSA) is 61.8 Å². The third kappa shape index (κ3) is 2.77. The molecule has 98 valence electrons. The van der Waals surface area contributed by atoms with Crippen LogP contribution in [0.1, 0.15) is 17.3 Å². The first-order chi connectivity index (χ1) is 8.54. The maximum absolute atomic E-state index is 13.7. The summed E-state index contributed by atoms with van der Waals surface area (Å²) in [6.07, 6.45) is 0. The molecule has 18 heavy (non-hydrogen) atoms. The Labute approximate surface area is 103 Å². The Balaban J connectivity index is 3.23. The van der Waals surface area contributed by atoms with Crippen molar-refractivity contribution in [2.45, 2.75) is 6.92 Å². The second-order valence-electron chi connectivity index (χ2n) is 3.24. The molecule has 0 saturated carbocycles. The number of carbonyl (C=O) groups is 2. The molecule has 0 aliphatic heterocycles. The summed E-state index contributed by atoms with van der Waals surface area (Å²) in [7, 11) is 2.61. The Bertz CT molecular complexity index is 470. The van der Waals surface area contributed by atoms with Crippen LogP contribution in [0.3, 0.4) is 0 Å². The van der Waals surface area contributed by atoms with Gasteiger partial charge in [-0.25, -0.2) is 9.18 Å². The summed E-state index contributed by atoms with van der Waals surface area (Å²) in [5.41, 5.74) is -0.461. The molecule has 0 aliphatic rings. The molecule has 1 aromatic carbocycles. The molecule has 0 fully saturated rings. The van der Waals surface area contributed by atoms with Crippen molar-refractivity contribution in [1.82, 2.24) is 0 Å². The fourth-order valence-corrected chi connectivity index (χ4v) is 1.36. The van der Waals surface area contributed by atoms with Crippen LogP contribution >= 0.6 is 0 Å². The van der Waals surface area contributed by atoms with Crippen molar-refractivity contribution in [2.24, 2.45) is 0 Å². The molecule has 5 nitrogen and oxygen atoms in total. The minimum atomic E-state index is -1.13. The van der Waals surface area contributed by atoms with Gasteiger partial charge in [0.15, 0.2) is 0 Å². The first-order valence-corrected chi connectivity index (χ1v) is 5.18. The van der Waals surface area contributed by atoms with E-state index in [0.29, 0.717) is 0 Å². The van der Waals surface area contributed by atoms with Crippen molar-refractivity contribution in [3.63, 3.8) is 0 Å². The van der Waals surface area contributed by atoms with Crippen LogP contribution in [-0.2, 0) is 9.53 Å². The zero-order chi connectivity index (χ0) is 13.7. The van der Waals surface area contributed by atoms with Gasteiger partial charge in [-0.1, -0.05) is 0 Å². The van der Waals surface area contributed by atoms with Gasteiger partial charge in [-0.3, -0.25) is 4.79 Å². The number of ether oxygens (including phenoxy) is 3. The molecular formula is C12H13FO5. The van der Waals surface area contributed by atoms with Gasteiger partial charge < -0.3 is 14.2 Å². The van der Waals surface area contributed by atoms with Gasteiger partial charge in [0.2, 0.25) is 0 Å². The largest absolute Gasteiger partial charge is 0.497 e. The molecule has 0 aliphatic carbocycles. The number of Topliss-reactive ketones (excluding diaryl/α,β-unsaturated/α-hetero) is 1. The molecule has 0 heterocycles. The summed E-state index contributed by atoms with van der Waals surface area (Å²) in [4.78, 5) is 23.0. The number of halogens is 1. The van der Waals surface area contributed by atoms with E-state index in [4.69, 9.17) is 9.47 Å². The summed E-state index contributed by atoms with van der Waals surface area (Å²) < 4.78 is 28.0. The molecule has 0 unspecified atom stereocenters. The highest BCUT2D eigenvalue weighted by molar-refractivity contribution is 6.41. The summed E-state index contributed by atoms with van der Waals surface area (Å²) in [5.74, 6) is -3.01. The second kappa shape index (κ2) is 6.00. The number of benzene rings is 1. The van der Waals surface area contributed by atoms with Gasteiger partial charge in [-0.05, 0) is 6.92 Å². The molecule has 0 N–H and O–H groups in total. The minimum absolute atomic E-state index is 0.0324. The maximum Gasteiger partial charge on any atom is 0.379 e. The zero-order valence-electron chi connectivity index (χ0n) is 10.3. The Morgan fingerprint density at radius 3 is 2.39 bits per heavy atom. The Morgan fingerprint density at radius 1 is 1.22 bits per heavy atom. The van der Waals surface area contributed by atoms with Crippen molar-refractivity contribution >= 4 is 11.8 Å². The van der Waals surface area contributed by atoms with Crippen molar-refractivity contribution in [3.05, 3.63) is 23.5 Å². The molecule has 0 spiro atoms. The van der Waals surface area contributed by atoms with Crippen LogP contribution < -0.4 is 9.47 Å². The fourth-order valence-electron chi connectivity index (χ4n) is 1.36. The highest BCUT2D eigenvalue weighted by Crippen LogP contribution is 2.28.